The summed E-state index contributed by atoms with van der Waals surface area (Å²) in [6.45, 7) is 0. The highest BCUT2D eigenvalue weighted by Gasteiger charge is 2.18. The summed E-state index contributed by atoms with van der Waals surface area (Å²) >= 11 is 11.9. The zero-order chi connectivity index (χ0) is 15.0. The minimum atomic E-state index is -0.478. The second-order valence-corrected chi connectivity index (χ2v) is 5.11. The molecular formula is C14H8Cl2FN3O. The molecule has 0 amide bonds. The Morgan fingerprint density at radius 2 is 1.86 bits per heavy atom. The molecule has 3 aromatic rings. The number of halogens is 3. The highest BCUT2D eigenvalue weighted by atomic mass is 35.5. The predicted molar refractivity (Wildman–Crippen MR) is 79.6 cm³/mol. The number of aromatic nitrogens is 2. The molecule has 0 saturated carbocycles. The van der Waals surface area contributed by atoms with Gasteiger partial charge in [0.2, 0.25) is 5.88 Å². The number of rotatable bonds is 2. The van der Waals surface area contributed by atoms with Crippen molar-refractivity contribution < 1.29 is 8.91 Å². The number of anilines is 1. The quantitative estimate of drug-likeness (QED) is 0.757. The zero-order valence-electron chi connectivity index (χ0n) is 10.5. The van der Waals surface area contributed by atoms with Crippen LogP contribution in [0.5, 0.6) is 0 Å². The lowest BCUT2D eigenvalue weighted by Gasteiger charge is -2.04. The van der Waals surface area contributed by atoms with E-state index < -0.39 is 5.82 Å². The molecule has 0 spiro atoms. The molecule has 4 nitrogen and oxygen atoms in total. The van der Waals surface area contributed by atoms with Crippen molar-refractivity contribution in [2.24, 2.45) is 0 Å². The molecule has 0 radical (unpaired) electrons. The second-order valence-electron chi connectivity index (χ2n) is 4.29. The first-order valence-corrected chi connectivity index (χ1v) is 6.63. The molecule has 0 fully saturated rings. The molecular weight excluding hydrogens is 316 g/mol. The maximum absolute atomic E-state index is 13.3. The average Bonchev–Trinajstić information content (AvgIpc) is 2.84. The van der Waals surface area contributed by atoms with E-state index in [4.69, 9.17) is 33.5 Å². The minimum Gasteiger partial charge on any atom is -0.367 e. The summed E-state index contributed by atoms with van der Waals surface area (Å²) in [5.74, 6) is -0.373. The molecule has 1 aromatic carbocycles. The van der Waals surface area contributed by atoms with Crippen LogP contribution < -0.4 is 5.73 Å². The first-order chi connectivity index (χ1) is 10.1. The van der Waals surface area contributed by atoms with Crippen LogP contribution in [0.15, 0.2) is 41.2 Å². The lowest BCUT2D eigenvalue weighted by molar-refractivity contribution is 0.439. The van der Waals surface area contributed by atoms with Crippen LogP contribution in [0.25, 0.3) is 22.4 Å². The Labute approximate surface area is 129 Å². The molecule has 106 valence electrons. The largest absolute Gasteiger partial charge is 0.367 e. The Kier molecular flexibility index (Phi) is 3.53. The van der Waals surface area contributed by atoms with Gasteiger partial charge in [-0.2, -0.15) is 0 Å². The number of nitrogens with two attached hydrogens (primary N) is 1. The van der Waals surface area contributed by atoms with E-state index in [9.17, 15) is 4.39 Å². The van der Waals surface area contributed by atoms with Crippen molar-refractivity contribution in [2.75, 3.05) is 5.73 Å². The van der Waals surface area contributed by atoms with Crippen molar-refractivity contribution in [3.05, 3.63) is 52.5 Å². The molecule has 0 unspecified atom stereocenters. The zero-order valence-corrected chi connectivity index (χ0v) is 12.0. The van der Waals surface area contributed by atoms with Crippen LogP contribution in [0, 0.1) is 5.82 Å². The third-order valence-electron chi connectivity index (χ3n) is 2.91. The van der Waals surface area contributed by atoms with Crippen LogP contribution in [0.1, 0.15) is 0 Å². The molecule has 0 aliphatic carbocycles. The first kappa shape index (κ1) is 13.9. The Balaban J connectivity index is 2.19. The van der Waals surface area contributed by atoms with Gasteiger partial charge in [0.05, 0.1) is 21.8 Å². The minimum absolute atomic E-state index is 0.104. The molecule has 7 heteroatoms. The molecule has 2 N–H and O–H groups in total. The molecule has 0 aliphatic rings. The van der Waals surface area contributed by atoms with Crippen molar-refractivity contribution in [2.45, 2.75) is 0 Å². The van der Waals surface area contributed by atoms with Gasteiger partial charge in [-0.15, -0.1) is 0 Å². The van der Waals surface area contributed by atoms with Crippen LogP contribution in [0.2, 0.25) is 10.0 Å². The highest BCUT2D eigenvalue weighted by molar-refractivity contribution is 6.42. The molecule has 0 saturated heterocycles. The van der Waals surface area contributed by atoms with Crippen LogP contribution in [-0.2, 0) is 0 Å². The summed E-state index contributed by atoms with van der Waals surface area (Å²) in [7, 11) is 0. The van der Waals surface area contributed by atoms with Gasteiger partial charge in [0.1, 0.15) is 11.5 Å². The van der Waals surface area contributed by atoms with Gasteiger partial charge in [-0.05, 0) is 23.8 Å². The first-order valence-electron chi connectivity index (χ1n) is 5.88. The van der Waals surface area contributed by atoms with E-state index in [0.29, 0.717) is 32.4 Å². The molecule has 3 rings (SSSR count). The third-order valence-corrected chi connectivity index (χ3v) is 3.64. The normalized spacial score (nSPS) is 10.8. The molecule has 0 bridgehead atoms. The molecule has 2 heterocycles. The monoisotopic (exact) mass is 323 g/mol. The number of nitrogens with zero attached hydrogens (tertiary/aromatic N) is 2. The Hall–Kier alpha value is -2.11. The summed E-state index contributed by atoms with van der Waals surface area (Å²) in [5.41, 5.74) is 7.84. The van der Waals surface area contributed by atoms with Crippen LogP contribution in [0.3, 0.4) is 0 Å². The fourth-order valence-corrected chi connectivity index (χ4v) is 2.27. The van der Waals surface area contributed by atoms with E-state index >= 15 is 0 Å². The standard InChI is InChI=1S/C14H8Cl2FN3O/c15-10-2-1-7(4-11(10)16)12-13(20-21-14(12)18)8-3-9(17)6-19-5-8/h1-6H,18H2. The van der Waals surface area contributed by atoms with E-state index in [2.05, 4.69) is 10.1 Å². The topological polar surface area (TPSA) is 64.9 Å². The molecule has 0 atom stereocenters. The summed E-state index contributed by atoms with van der Waals surface area (Å²) in [6, 6.07) is 6.31. The highest BCUT2D eigenvalue weighted by Crippen LogP contribution is 2.38. The number of nitrogen functional groups attached to an aromatic ring is 1. The summed E-state index contributed by atoms with van der Waals surface area (Å²) in [4.78, 5) is 3.79. The van der Waals surface area contributed by atoms with Crippen molar-refractivity contribution >= 4 is 29.1 Å². The van der Waals surface area contributed by atoms with Gasteiger partial charge < -0.3 is 10.3 Å². The predicted octanol–water partition coefficient (Wildman–Crippen LogP) is 4.43. The SMILES string of the molecule is Nc1onc(-c2cncc(F)c2)c1-c1ccc(Cl)c(Cl)c1. The van der Waals surface area contributed by atoms with E-state index in [-0.39, 0.29) is 5.88 Å². The van der Waals surface area contributed by atoms with Crippen LogP contribution >= 0.6 is 23.2 Å². The van der Waals surface area contributed by atoms with Crippen LogP contribution in [0.4, 0.5) is 10.3 Å². The average molecular weight is 324 g/mol. The van der Waals surface area contributed by atoms with Gasteiger partial charge in [-0.25, -0.2) is 4.39 Å². The van der Waals surface area contributed by atoms with E-state index in [1.54, 1.807) is 18.2 Å². The molecule has 2 aromatic heterocycles. The number of pyridine rings is 1. The van der Waals surface area contributed by atoms with Gasteiger partial charge in [0.25, 0.3) is 0 Å². The molecule has 0 aliphatic heterocycles. The fraction of sp³-hybridized carbons (Fsp3) is 0. The fourth-order valence-electron chi connectivity index (χ4n) is 1.97. The summed E-state index contributed by atoms with van der Waals surface area (Å²) in [5, 5.41) is 4.67. The van der Waals surface area contributed by atoms with Crippen molar-refractivity contribution in [3.63, 3.8) is 0 Å². The number of hydrogen-bond donors (Lipinski definition) is 1. The van der Waals surface area contributed by atoms with Gasteiger partial charge in [-0.3, -0.25) is 4.98 Å². The number of benzene rings is 1. The summed E-state index contributed by atoms with van der Waals surface area (Å²) in [6.07, 6.45) is 2.58. The Morgan fingerprint density at radius 1 is 1.05 bits per heavy atom. The lowest BCUT2D eigenvalue weighted by Crippen LogP contribution is -1.89. The second kappa shape index (κ2) is 5.35. The van der Waals surface area contributed by atoms with Crippen molar-refractivity contribution in [3.8, 4) is 22.4 Å². The summed E-state index contributed by atoms with van der Waals surface area (Å²) < 4.78 is 18.3. The van der Waals surface area contributed by atoms with Gasteiger partial charge >= 0.3 is 0 Å². The Morgan fingerprint density at radius 3 is 2.57 bits per heavy atom. The van der Waals surface area contributed by atoms with Gasteiger partial charge in [-0.1, -0.05) is 34.4 Å². The third kappa shape index (κ3) is 2.57. The smallest absolute Gasteiger partial charge is 0.230 e. The van der Waals surface area contributed by atoms with E-state index in [1.807, 2.05) is 0 Å². The molecule has 21 heavy (non-hydrogen) atoms. The van der Waals surface area contributed by atoms with Gasteiger partial charge in [0.15, 0.2) is 0 Å². The Bertz CT molecular complexity index is 820. The van der Waals surface area contributed by atoms with Crippen molar-refractivity contribution in [1.29, 1.82) is 0 Å². The maximum Gasteiger partial charge on any atom is 0.230 e. The van der Waals surface area contributed by atoms with E-state index in [1.165, 1.54) is 12.3 Å². The lowest BCUT2D eigenvalue weighted by atomic mass is 10.0. The van der Waals surface area contributed by atoms with Crippen molar-refractivity contribution in [1.82, 2.24) is 10.1 Å². The number of hydrogen-bond acceptors (Lipinski definition) is 4. The van der Waals surface area contributed by atoms with E-state index in [0.717, 1.165) is 6.20 Å². The maximum atomic E-state index is 13.3. The van der Waals surface area contributed by atoms with Crippen LogP contribution in [-0.4, -0.2) is 10.1 Å². The van der Waals surface area contributed by atoms with Gasteiger partial charge in [0, 0.05) is 11.8 Å².